The lowest BCUT2D eigenvalue weighted by molar-refractivity contribution is -0.141. The van der Waals surface area contributed by atoms with Crippen LogP contribution in [0.4, 0.5) is 4.39 Å². The van der Waals surface area contributed by atoms with Crippen LogP contribution in [0, 0.1) is 5.82 Å². The molecule has 6 heteroatoms. The summed E-state index contributed by atoms with van der Waals surface area (Å²) in [6.07, 6.45) is 0.970. The average Bonchev–Trinajstić information content (AvgIpc) is 2.88. The van der Waals surface area contributed by atoms with Crippen LogP contribution in [-0.2, 0) is 29.0 Å². The Morgan fingerprint density at radius 3 is 2.34 bits per heavy atom. The molecule has 0 heterocycles. The smallest absolute Gasteiger partial charge is 0.243 e. The zero-order valence-electron chi connectivity index (χ0n) is 20.5. The predicted octanol–water partition coefficient (Wildman–Crippen LogP) is 4.93. The van der Waals surface area contributed by atoms with Gasteiger partial charge >= 0.3 is 0 Å². The van der Waals surface area contributed by atoms with Crippen molar-refractivity contribution in [1.82, 2.24) is 10.2 Å². The molecule has 3 aromatic carbocycles. The number of ether oxygens (including phenoxy) is 1. The molecule has 0 aliphatic heterocycles. The monoisotopic (exact) mass is 476 g/mol. The van der Waals surface area contributed by atoms with E-state index in [4.69, 9.17) is 4.74 Å². The van der Waals surface area contributed by atoms with Crippen molar-refractivity contribution < 1.29 is 18.7 Å². The number of hydrogen-bond donors (Lipinski definition) is 1. The highest BCUT2D eigenvalue weighted by Gasteiger charge is 2.31. The third-order valence-corrected chi connectivity index (χ3v) is 6.06. The largest absolute Gasteiger partial charge is 0.497 e. The van der Waals surface area contributed by atoms with Crippen LogP contribution in [0.3, 0.4) is 0 Å². The molecule has 0 saturated heterocycles. The van der Waals surface area contributed by atoms with Crippen molar-refractivity contribution in [2.45, 2.75) is 51.7 Å². The maximum Gasteiger partial charge on any atom is 0.243 e. The van der Waals surface area contributed by atoms with Gasteiger partial charge in [-0.25, -0.2) is 4.39 Å². The number of benzene rings is 3. The molecule has 0 aromatic heterocycles. The first-order chi connectivity index (χ1) is 16.9. The number of rotatable bonds is 11. The van der Waals surface area contributed by atoms with Crippen molar-refractivity contribution in [3.63, 3.8) is 0 Å². The second-order valence-electron chi connectivity index (χ2n) is 8.66. The van der Waals surface area contributed by atoms with Gasteiger partial charge in [-0.05, 0) is 48.2 Å². The Labute approximate surface area is 206 Å². The molecule has 2 atom stereocenters. The fraction of sp³-hybridized carbons (Fsp3) is 0.310. The number of amides is 2. The lowest BCUT2D eigenvalue weighted by Gasteiger charge is -2.32. The van der Waals surface area contributed by atoms with Gasteiger partial charge in [-0.1, -0.05) is 67.6 Å². The van der Waals surface area contributed by atoms with Crippen molar-refractivity contribution in [3.05, 3.63) is 101 Å². The van der Waals surface area contributed by atoms with Crippen molar-refractivity contribution in [2.24, 2.45) is 0 Å². The van der Waals surface area contributed by atoms with E-state index >= 15 is 0 Å². The molecule has 3 rings (SSSR count). The zero-order chi connectivity index (χ0) is 25.2. The van der Waals surface area contributed by atoms with E-state index in [0.29, 0.717) is 17.7 Å². The molecule has 0 aliphatic rings. The molecule has 0 aliphatic carbocycles. The number of hydrogen-bond acceptors (Lipinski definition) is 3. The Morgan fingerprint density at radius 2 is 1.66 bits per heavy atom. The van der Waals surface area contributed by atoms with Crippen LogP contribution in [0.25, 0.3) is 0 Å². The minimum Gasteiger partial charge on any atom is -0.497 e. The molecule has 0 fully saturated rings. The van der Waals surface area contributed by atoms with Crippen molar-refractivity contribution in [2.75, 3.05) is 7.11 Å². The fourth-order valence-electron chi connectivity index (χ4n) is 3.87. The number of nitrogens with one attached hydrogen (secondary N) is 1. The minimum atomic E-state index is -0.767. The number of methoxy groups -OCH3 is 1. The van der Waals surface area contributed by atoms with E-state index in [9.17, 15) is 14.0 Å². The van der Waals surface area contributed by atoms with Gasteiger partial charge in [-0.15, -0.1) is 0 Å². The Kier molecular flexibility index (Phi) is 9.41. The van der Waals surface area contributed by atoms with Crippen LogP contribution < -0.4 is 10.1 Å². The Hall–Kier alpha value is -3.67. The molecule has 0 saturated carbocycles. The summed E-state index contributed by atoms with van der Waals surface area (Å²) in [6, 6.07) is 22.4. The molecule has 35 heavy (non-hydrogen) atoms. The predicted molar refractivity (Wildman–Crippen MR) is 135 cm³/mol. The quantitative estimate of drug-likeness (QED) is 0.427. The molecule has 2 unspecified atom stereocenters. The van der Waals surface area contributed by atoms with Gasteiger partial charge in [0.15, 0.2) is 0 Å². The fourth-order valence-corrected chi connectivity index (χ4v) is 3.87. The summed E-state index contributed by atoms with van der Waals surface area (Å²) in [4.78, 5) is 28.7. The van der Waals surface area contributed by atoms with Crippen molar-refractivity contribution in [1.29, 1.82) is 0 Å². The molecule has 184 valence electrons. The van der Waals surface area contributed by atoms with Gasteiger partial charge in [0.25, 0.3) is 0 Å². The van der Waals surface area contributed by atoms with Crippen LogP contribution in [0.5, 0.6) is 5.75 Å². The van der Waals surface area contributed by atoms with Crippen LogP contribution in [0.15, 0.2) is 78.9 Å². The lowest BCUT2D eigenvalue weighted by Crippen LogP contribution is -2.52. The van der Waals surface area contributed by atoms with Crippen LogP contribution in [0.2, 0.25) is 0 Å². The molecule has 3 aromatic rings. The Morgan fingerprint density at radius 1 is 0.971 bits per heavy atom. The first kappa shape index (κ1) is 25.9. The zero-order valence-corrected chi connectivity index (χ0v) is 20.5. The first-order valence-corrected chi connectivity index (χ1v) is 11.9. The second-order valence-corrected chi connectivity index (χ2v) is 8.66. The highest BCUT2D eigenvalue weighted by atomic mass is 19.1. The number of carbonyl (C=O) groups is 2. The van der Waals surface area contributed by atoms with Gasteiger partial charge in [-0.2, -0.15) is 0 Å². The van der Waals surface area contributed by atoms with Crippen LogP contribution in [0.1, 0.15) is 37.0 Å². The highest BCUT2D eigenvalue weighted by Crippen LogP contribution is 2.20. The lowest BCUT2D eigenvalue weighted by atomic mass is 10.0. The summed E-state index contributed by atoms with van der Waals surface area (Å²) in [5.74, 6) is -0.329. The third-order valence-electron chi connectivity index (χ3n) is 6.06. The van der Waals surface area contributed by atoms with Crippen molar-refractivity contribution >= 4 is 11.8 Å². The van der Waals surface area contributed by atoms with E-state index < -0.39 is 11.9 Å². The van der Waals surface area contributed by atoms with Crippen molar-refractivity contribution in [3.8, 4) is 5.75 Å². The molecular formula is C29H33FN2O3. The van der Waals surface area contributed by atoms with Crippen LogP contribution >= 0.6 is 0 Å². The van der Waals surface area contributed by atoms with E-state index in [2.05, 4.69) is 5.32 Å². The van der Waals surface area contributed by atoms with Gasteiger partial charge in [-0.3, -0.25) is 9.59 Å². The minimum absolute atomic E-state index is 0.0406. The number of halogens is 1. The summed E-state index contributed by atoms with van der Waals surface area (Å²) in [5.41, 5.74) is 2.06. The third kappa shape index (κ3) is 7.41. The van der Waals surface area contributed by atoms with Gasteiger partial charge in [0, 0.05) is 19.0 Å². The van der Waals surface area contributed by atoms with Crippen LogP contribution in [-0.4, -0.2) is 35.9 Å². The summed E-state index contributed by atoms with van der Waals surface area (Å²) in [7, 11) is 1.58. The normalized spacial score (nSPS) is 12.5. The SMILES string of the molecule is CCC(C)NC(=O)C(Cc1ccccc1)N(Cc1cccc(OC)c1)C(=O)Cc1ccccc1F. The molecule has 1 N–H and O–H groups in total. The van der Waals surface area contributed by atoms with E-state index in [0.717, 1.165) is 17.5 Å². The number of nitrogens with zero attached hydrogens (tertiary/aromatic N) is 1. The molecule has 0 bridgehead atoms. The van der Waals surface area contributed by atoms with Gasteiger partial charge in [0.05, 0.1) is 13.5 Å². The van der Waals surface area contributed by atoms with Gasteiger partial charge in [0.1, 0.15) is 17.6 Å². The summed E-state index contributed by atoms with van der Waals surface area (Å²) in [5, 5.41) is 3.04. The van der Waals surface area contributed by atoms with Gasteiger partial charge in [0.2, 0.25) is 11.8 Å². The Bertz CT molecular complexity index is 1120. The molecule has 2 amide bonds. The van der Waals surface area contributed by atoms with E-state index in [1.807, 2.05) is 68.4 Å². The maximum absolute atomic E-state index is 14.4. The highest BCUT2D eigenvalue weighted by molar-refractivity contribution is 5.89. The van der Waals surface area contributed by atoms with Gasteiger partial charge < -0.3 is 15.0 Å². The van der Waals surface area contributed by atoms with E-state index in [-0.39, 0.29) is 30.8 Å². The number of carbonyl (C=O) groups excluding carboxylic acids is 2. The second kappa shape index (κ2) is 12.7. The van der Waals surface area contributed by atoms with E-state index in [1.54, 1.807) is 30.2 Å². The Balaban J connectivity index is 1.99. The topological polar surface area (TPSA) is 58.6 Å². The standard InChI is InChI=1S/C29H33FN2O3/c1-4-21(2)31-29(34)27(18-22-11-6-5-7-12-22)32(20-23-13-10-15-25(17-23)35-3)28(33)19-24-14-8-9-16-26(24)30/h5-17,21,27H,4,18-20H2,1-3H3,(H,31,34). The molecule has 0 spiro atoms. The van der Waals surface area contributed by atoms with E-state index in [1.165, 1.54) is 6.07 Å². The summed E-state index contributed by atoms with van der Waals surface area (Å²) < 4.78 is 19.7. The molecule has 0 radical (unpaired) electrons. The maximum atomic E-state index is 14.4. The average molecular weight is 477 g/mol. The summed E-state index contributed by atoms with van der Waals surface area (Å²) in [6.45, 7) is 4.12. The summed E-state index contributed by atoms with van der Waals surface area (Å²) >= 11 is 0. The molecule has 5 nitrogen and oxygen atoms in total. The molecular weight excluding hydrogens is 443 g/mol. The first-order valence-electron chi connectivity index (χ1n) is 11.9.